The molecule has 6 heteroatoms. The van der Waals surface area contributed by atoms with Crippen molar-refractivity contribution in [3.63, 3.8) is 0 Å². The molecule has 1 nitrogen and oxygen atoms in total. The molecule has 0 saturated heterocycles. The van der Waals surface area contributed by atoms with Crippen LogP contribution in [0.3, 0.4) is 0 Å². The summed E-state index contributed by atoms with van der Waals surface area (Å²) in [6, 6.07) is 8.26. The van der Waals surface area contributed by atoms with Crippen LogP contribution in [0.4, 0.5) is 4.39 Å². The fourth-order valence-electron chi connectivity index (χ4n) is 2.06. The Morgan fingerprint density at radius 2 is 1.76 bits per heavy atom. The summed E-state index contributed by atoms with van der Waals surface area (Å²) in [5, 5.41) is 4.31. The summed E-state index contributed by atoms with van der Waals surface area (Å²) in [7, 11) is 0. The van der Waals surface area contributed by atoms with Crippen LogP contribution in [0.1, 0.15) is 24.1 Å². The predicted molar refractivity (Wildman–Crippen MR) is 93.8 cm³/mol. The number of halogens is 5. The van der Waals surface area contributed by atoms with Crippen molar-refractivity contribution in [3.05, 3.63) is 66.3 Å². The summed E-state index contributed by atoms with van der Waals surface area (Å²) in [4.78, 5) is 0. The summed E-state index contributed by atoms with van der Waals surface area (Å²) in [5.41, 5.74) is 1.37. The maximum Gasteiger partial charge on any atom is 0.129 e. The van der Waals surface area contributed by atoms with Crippen LogP contribution in [0.5, 0.6) is 0 Å². The summed E-state index contributed by atoms with van der Waals surface area (Å²) in [6.45, 7) is 2.65. The van der Waals surface area contributed by atoms with Gasteiger partial charge in [0.05, 0.1) is 16.1 Å². The second-order valence-electron chi connectivity index (χ2n) is 4.45. The van der Waals surface area contributed by atoms with Gasteiger partial charge in [-0.3, -0.25) is 0 Å². The Kier molecular flexibility index (Phi) is 6.09. The van der Waals surface area contributed by atoms with Crippen LogP contribution in [-0.2, 0) is 0 Å². The zero-order valence-electron chi connectivity index (χ0n) is 11.1. The maximum absolute atomic E-state index is 14.3. The molecule has 1 atom stereocenters. The van der Waals surface area contributed by atoms with Crippen molar-refractivity contribution >= 4 is 55.1 Å². The molecule has 0 spiro atoms. The minimum Gasteiger partial charge on any atom is -0.306 e. The molecule has 1 unspecified atom stereocenters. The van der Waals surface area contributed by atoms with Gasteiger partial charge in [-0.1, -0.05) is 36.2 Å². The van der Waals surface area contributed by atoms with E-state index in [1.807, 2.05) is 25.1 Å². The third kappa shape index (κ3) is 3.99. The molecule has 2 rings (SSSR count). The van der Waals surface area contributed by atoms with Crippen LogP contribution >= 0.6 is 55.1 Å². The Balaban J connectivity index is 2.52. The first kappa shape index (κ1) is 17.2. The van der Waals surface area contributed by atoms with E-state index >= 15 is 0 Å². The van der Waals surface area contributed by atoms with Crippen molar-refractivity contribution in [1.82, 2.24) is 5.32 Å². The molecular weight excluding hydrogens is 444 g/mol. The molecule has 1 N–H and O–H groups in total. The lowest BCUT2D eigenvalue weighted by Crippen LogP contribution is -2.23. The van der Waals surface area contributed by atoms with Crippen LogP contribution < -0.4 is 5.32 Å². The number of nitrogens with one attached hydrogen (secondary N) is 1. The summed E-state index contributed by atoms with van der Waals surface area (Å²) >= 11 is 18.8. The monoisotopic (exact) mass is 453 g/mol. The highest BCUT2D eigenvalue weighted by atomic mass is 79.9. The number of hydrogen-bond donors (Lipinski definition) is 1. The fraction of sp³-hybridized carbons (Fsp3) is 0.200. The first-order chi connectivity index (χ1) is 9.93. The minimum absolute atomic E-state index is 0.314. The molecule has 0 saturated carbocycles. The average Bonchev–Trinajstić information content (AvgIpc) is 2.44. The lowest BCUT2D eigenvalue weighted by Gasteiger charge is -2.20. The van der Waals surface area contributed by atoms with Gasteiger partial charge in [0.25, 0.3) is 0 Å². The summed E-state index contributed by atoms with van der Waals surface area (Å²) in [5.74, 6) is -0.323. The molecule has 2 aromatic rings. The summed E-state index contributed by atoms with van der Waals surface area (Å²) < 4.78 is 15.6. The molecule has 0 heterocycles. The Labute approximate surface area is 150 Å². The molecule has 0 amide bonds. The van der Waals surface area contributed by atoms with E-state index in [9.17, 15) is 4.39 Å². The van der Waals surface area contributed by atoms with Gasteiger partial charge >= 0.3 is 0 Å². The van der Waals surface area contributed by atoms with Gasteiger partial charge in [0.1, 0.15) is 5.82 Å². The first-order valence-electron chi connectivity index (χ1n) is 6.26. The van der Waals surface area contributed by atoms with E-state index in [0.29, 0.717) is 26.6 Å². The van der Waals surface area contributed by atoms with Crippen molar-refractivity contribution in [1.29, 1.82) is 0 Å². The number of rotatable bonds is 4. The lowest BCUT2D eigenvalue weighted by atomic mass is 9.98. The zero-order chi connectivity index (χ0) is 15.6. The second-order valence-corrected chi connectivity index (χ2v) is 6.98. The lowest BCUT2D eigenvalue weighted by molar-refractivity contribution is 0.558. The smallest absolute Gasteiger partial charge is 0.129 e. The zero-order valence-corrected chi connectivity index (χ0v) is 15.7. The van der Waals surface area contributed by atoms with Crippen LogP contribution in [0.25, 0.3) is 0 Å². The first-order valence-corrected chi connectivity index (χ1v) is 8.61. The van der Waals surface area contributed by atoms with Gasteiger partial charge in [0, 0.05) is 14.5 Å². The Hall–Kier alpha value is -0.130. The van der Waals surface area contributed by atoms with E-state index in [1.54, 1.807) is 6.07 Å². The van der Waals surface area contributed by atoms with E-state index in [-0.39, 0.29) is 11.9 Å². The van der Waals surface area contributed by atoms with Gasteiger partial charge in [-0.15, -0.1) is 0 Å². The molecule has 0 radical (unpaired) electrons. The molecule has 2 aromatic carbocycles. The van der Waals surface area contributed by atoms with Crippen LogP contribution in [-0.4, -0.2) is 6.54 Å². The van der Waals surface area contributed by atoms with E-state index < -0.39 is 0 Å². The van der Waals surface area contributed by atoms with E-state index in [0.717, 1.165) is 10.0 Å². The highest BCUT2D eigenvalue weighted by Crippen LogP contribution is 2.33. The van der Waals surface area contributed by atoms with Crippen LogP contribution in [0.2, 0.25) is 10.0 Å². The van der Waals surface area contributed by atoms with Crippen molar-refractivity contribution in [2.75, 3.05) is 6.54 Å². The van der Waals surface area contributed by atoms with Gasteiger partial charge < -0.3 is 5.32 Å². The second kappa shape index (κ2) is 7.42. The molecule has 112 valence electrons. The molecule has 0 aromatic heterocycles. The van der Waals surface area contributed by atoms with Crippen molar-refractivity contribution in [2.24, 2.45) is 0 Å². The predicted octanol–water partition coefficient (Wildman–Crippen LogP) is 6.36. The quantitative estimate of drug-likeness (QED) is 0.529. The third-order valence-corrected chi connectivity index (χ3v) is 5.47. The van der Waals surface area contributed by atoms with Crippen LogP contribution in [0.15, 0.2) is 39.3 Å². The number of benzene rings is 2. The fourth-order valence-corrected chi connectivity index (χ4v) is 2.99. The largest absolute Gasteiger partial charge is 0.306 e. The van der Waals surface area contributed by atoms with Crippen molar-refractivity contribution in [3.8, 4) is 0 Å². The van der Waals surface area contributed by atoms with E-state index in [4.69, 9.17) is 23.2 Å². The molecular formula is C15H12Br2Cl2FN. The average molecular weight is 456 g/mol. The van der Waals surface area contributed by atoms with E-state index in [2.05, 4.69) is 37.2 Å². The molecule has 0 aliphatic carbocycles. The Bertz CT molecular complexity index is 664. The molecule has 21 heavy (non-hydrogen) atoms. The summed E-state index contributed by atoms with van der Waals surface area (Å²) in [6.07, 6.45) is 0. The van der Waals surface area contributed by atoms with Crippen LogP contribution in [0, 0.1) is 5.82 Å². The minimum atomic E-state index is -0.323. The Morgan fingerprint density at radius 1 is 1.10 bits per heavy atom. The molecule has 0 bridgehead atoms. The van der Waals surface area contributed by atoms with Gasteiger partial charge in [0.15, 0.2) is 0 Å². The van der Waals surface area contributed by atoms with E-state index in [1.165, 1.54) is 6.07 Å². The highest BCUT2D eigenvalue weighted by Gasteiger charge is 2.19. The molecule has 0 fully saturated rings. The van der Waals surface area contributed by atoms with Gasteiger partial charge in [-0.2, -0.15) is 0 Å². The number of hydrogen-bond acceptors (Lipinski definition) is 1. The van der Waals surface area contributed by atoms with Gasteiger partial charge in [-0.05, 0) is 68.2 Å². The topological polar surface area (TPSA) is 12.0 Å². The van der Waals surface area contributed by atoms with Gasteiger partial charge in [0.2, 0.25) is 0 Å². The Morgan fingerprint density at radius 3 is 2.38 bits per heavy atom. The molecule has 0 aliphatic heterocycles. The molecule has 0 aliphatic rings. The normalized spacial score (nSPS) is 12.5. The third-order valence-electron chi connectivity index (χ3n) is 3.04. The van der Waals surface area contributed by atoms with Crippen molar-refractivity contribution in [2.45, 2.75) is 13.0 Å². The van der Waals surface area contributed by atoms with Gasteiger partial charge in [-0.25, -0.2) is 4.39 Å². The van der Waals surface area contributed by atoms with Crippen molar-refractivity contribution < 1.29 is 4.39 Å². The maximum atomic E-state index is 14.3. The standard InChI is InChI=1S/C15H12Br2Cl2FN/c1-2-21-15(8-3-4-10(16)12(18)5-8)9-6-13(19)11(17)7-14(9)20/h3-7,15,21H,2H2,1H3. The highest BCUT2D eigenvalue weighted by molar-refractivity contribution is 9.10. The SMILES string of the molecule is CCNC(c1ccc(Br)c(Cl)c1)c1cc(Cl)c(Br)cc1F.